The summed E-state index contributed by atoms with van der Waals surface area (Å²) >= 11 is 1.70. The van der Waals surface area contributed by atoms with Gasteiger partial charge in [0.25, 0.3) is 5.56 Å². The van der Waals surface area contributed by atoms with Crippen LogP contribution in [0.1, 0.15) is 36.9 Å². The Morgan fingerprint density at radius 3 is 2.61 bits per heavy atom. The molecule has 2 aromatic rings. The first-order valence-corrected chi connectivity index (χ1v) is 12.7. The summed E-state index contributed by atoms with van der Waals surface area (Å²) in [6.07, 6.45) is 10.6. The molecule has 0 atom stereocenters. The summed E-state index contributed by atoms with van der Waals surface area (Å²) in [5, 5.41) is 0. The number of carbonyl (C=O) groups excluding carboxylic acids is 1. The summed E-state index contributed by atoms with van der Waals surface area (Å²) in [6.45, 7) is 5.14. The molecular formula is C24H32N4O2S. The average molecular weight is 441 g/mol. The molecule has 7 heteroatoms. The molecule has 0 spiro atoms. The monoisotopic (exact) mass is 440 g/mol. The summed E-state index contributed by atoms with van der Waals surface area (Å²) in [4.78, 5) is 34.7. The van der Waals surface area contributed by atoms with Crippen molar-refractivity contribution in [2.75, 3.05) is 38.2 Å². The molecule has 1 fully saturated rings. The molecule has 0 radical (unpaired) electrons. The maximum atomic E-state index is 13.5. The zero-order chi connectivity index (χ0) is 21.6. The lowest BCUT2D eigenvalue weighted by Gasteiger charge is -2.32. The molecule has 0 saturated carbocycles. The molecule has 4 heterocycles. The van der Waals surface area contributed by atoms with Gasteiger partial charge in [-0.2, -0.15) is 11.8 Å². The Hall–Kier alpha value is -2.12. The summed E-state index contributed by atoms with van der Waals surface area (Å²) in [6, 6.07) is 5.79. The van der Waals surface area contributed by atoms with Gasteiger partial charge in [-0.1, -0.05) is 6.42 Å². The molecule has 0 aliphatic carbocycles. The van der Waals surface area contributed by atoms with Gasteiger partial charge < -0.3 is 14.4 Å². The smallest absolute Gasteiger partial charge is 0.258 e. The first-order valence-electron chi connectivity index (χ1n) is 11.3. The molecule has 166 valence electrons. The first kappa shape index (κ1) is 22.1. The van der Waals surface area contributed by atoms with Gasteiger partial charge in [-0.05, 0) is 61.5 Å². The molecule has 0 unspecified atom stereocenters. The second kappa shape index (κ2) is 10.5. The predicted molar refractivity (Wildman–Crippen MR) is 126 cm³/mol. The van der Waals surface area contributed by atoms with Gasteiger partial charge in [-0.25, -0.2) is 0 Å². The van der Waals surface area contributed by atoms with E-state index in [-0.39, 0.29) is 11.5 Å². The van der Waals surface area contributed by atoms with Crippen LogP contribution in [0.15, 0.2) is 35.4 Å². The standard InChI is InChI=1S/C24H32N4O2S/c1-31-16-8-23(29)27-13-7-22-20(18-27)17-21(19-5-9-25-10-6-19)24(30)28(22)15-14-26-11-3-2-4-12-26/h5-6,9-10,17H,2-4,7-8,11-16,18H2,1H3. The molecule has 6 nitrogen and oxygen atoms in total. The van der Waals surface area contributed by atoms with E-state index in [1.807, 2.05) is 33.9 Å². The van der Waals surface area contributed by atoms with Gasteiger partial charge in [0.05, 0.1) is 0 Å². The number of amides is 1. The van der Waals surface area contributed by atoms with E-state index >= 15 is 0 Å². The molecule has 4 rings (SSSR count). The van der Waals surface area contributed by atoms with Crippen molar-refractivity contribution in [2.24, 2.45) is 0 Å². The fraction of sp³-hybridized carbons (Fsp3) is 0.542. The fourth-order valence-corrected chi connectivity index (χ4v) is 5.06. The maximum Gasteiger partial charge on any atom is 0.258 e. The number of aromatic nitrogens is 2. The van der Waals surface area contributed by atoms with Crippen LogP contribution in [0.25, 0.3) is 11.1 Å². The minimum Gasteiger partial charge on any atom is -0.338 e. The molecule has 0 bridgehead atoms. The molecule has 2 aliphatic rings. The molecule has 2 aromatic heterocycles. The Morgan fingerprint density at radius 1 is 1.10 bits per heavy atom. The lowest BCUT2D eigenvalue weighted by molar-refractivity contribution is -0.131. The van der Waals surface area contributed by atoms with Crippen molar-refractivity contribution in [1.82, 2.24) is 19.4 Å². The lowest BCUT2D eigenvalue weighted by atomic mass is 9.99. The van der Waals surface area contributed by atoms with E-state index in [4.69, 9.17) is 0 Å². The third-order valence-electron chi connectivity index (χ3n) is 6.42. The highest BCUT2D eigenvalue weighted by Crippen LogP contribution is 2.24. The van der Waals surface area contributed by atoms with Crippen molar-refractivity contribution < 1.29 is 4.79 Å². The summed E-state index contributed by atoms with van der Waals surface area (Å²) in [5.74, 6) is 1.05. The van der Waals surface area contributed by atoms with Crippen LogP contribution in [0.3, 0.4) is 0 Å². The Labute approximate surface area is 188 Å². The van der Waals surface area contributed by atoms with E-state index in [1.54, 1.807) is 24.2 Å². The van der Waals surface area contributed by atoms with E-state index < -0.39 is 0 Å². The number of nitrogens with zero attached hydrogens (tertiary/aromatic N) is 4. The van der Waals surface area contributed by atoms with Crippen molar-refractivity contribution >= 4 is 17.7 Å². The highest BCUT2D eigenvalue weighted by atomic mass is 32.2. The number of likely N-dealkylation sites (tertiary alicyclic amines) is 1. The van der Waals surface area contributed by atoms with Gasteiger partial charge in [0.2, 0.25) is 5.91 Å². The number of piperidine rings is 1. The number of fused-ring (bicyclic) bond motifs is 1. The van der Waals surface area contributed by atoms with Gasteiger partial charge in [0, 0.05) is 68.4 Å². The topological polar surface area (TPSA) is 58.4 Å². The van der Waals surface area contributed by atoms with Gasteiger partial charge in [0.1, 0.15) is 0 Å². The van der Waals surface area contributed by atoms with Gasteiger partial charge in [0.15, 0.2) is 0 Å². The zero-order valence-corrected chi connectivity index (χ0v) is 19.2. The third kappa shape index (κ3) is 5.21. The highest BCUT2D eigenvalue weighted by molar-refractivity contribution is 7.98. The van der Waals surface area contributed by atoms with Crippen molar-refractivity contribution in [3.05, 3.63) is 52.2 Å². The molecule has 2 aliphatic heterocycles. The van der Waals surface area contributed by atoms with Crippen LogP contribution in [0.5, 0.6) is 0 Å². The number of hydrogen-bond acceptors (Lipinski definition) is 5. The van der Waals surface area contributed by atoms with Crippen LogP contribution in [0, 0.1) is 0 Å². The number of hydrogen-bond donors (Lipinski definition) is 0. The van der Waals surface area contributed by atoms with Crippen LogP contribution >= 0.6 is 11.8 Å². The van der Waals surface area contributed by atoms with Crippen LogP contribution in [-0.2, 0) is 24.3 Å². The van der Waals surface area contributed by atoms with Crippen molar-refractivity contribution in [3.63, 3.8) is 0 Å². The lowest BCUT2D eigenvalue weighted by Crippen LogP contribution is -2.41. The largest absolute Gasteiger partial charge is 0.338 e. The van der Waals surface area contributed by atoms with Gasteiger partial charge >= 0.3 is 0 Å². The van der Waals surface area contributed by atoms with Crippen molar-refractivity contribution in [3.8, 4) is 11.1 Å². The van der Waals surface area contributed by atoms with Crippen LogP contribution in [0.2, 0.25) is 0 Å². The summed E-state index contributed by atoms with van der Waals surface area (Å²) < 4.78 is 1.99. The Balaban J connectivity index is 1.65. The Kier molecular flexibility index (Phi) is 7.45. The quantitative estimate of drug-likeness (QED) is 0.662. The minimum atomic E-state index is 0.0733. The SMILES string of the molecule is CSCCC(=O)N1CCc2c(cc(-c3ccncc3)c(=O)n2CCN2CCCCC2)C1. The second-order valence-electron chi connectivity index (χ2n) is 8.43. The van der Waals surface area contributed by atoms with E-state index in [9.17, 15) is 9.59 Å². The van der Waals surface area contributed by atoms with E-state index in [1.165, 1.54) is 19.3 Å². The third-order valence-corrected chi connectivity index (χ3v) is 7.04. The average Bonchev–Trinajstić information content (AvgIpc) is 2.82. The Morgan fingerprint density at radius 2 is 1.87 bits per heavy atom. The van der Waals surface area contributed by atoms with E-state index in [0.29, 0.717) is 31.6 Å². The van der Waals surface area contributed by atoms with Gasteiger partial charge in [-0.3, -0.25) is 14.6 Å². The molecule has 1 saturated heterocycles. The van der Waals surface area contributed by atoms with E-state index in [2.05, 4.69) is 9.88 Å². The highest BCUT2D eigenvalue weighted by Gasteiger charge is 2.25. The first-order chi connectivity index (χ1) is 15.2. The van der Waals surface area contributed by atoms with Gasteiger partial charge in [-0.15, -0.1) is 0 Å². The molecular weight excluding hydrogens is 408 g/mol. The number of thioether (sulfide) groups is 1. The molecule has 0 aromatic carbocycles. The van der Waals surface area contributed by atoms with Crippen LogP contribution < -0.4 is 5.56 Å². The predicted octanol–water partition coefficient (Wildman–Crippen LogP) is 3.03. The fourth-order valence-electron chi connectivity index (χ4n) is 4.68. The van der Waals surface area contributed by atoms with Crippen LogP contribution in [-0.4, -0.2) is 63.4 Å². The number of rotatable bonds is 7. The molecule has 0 N–H and O–H groups in total. The Bertz CT molecular complexity index is 954. The van der Waals surface area contributed by atoms with Crippen LogP contribution in [0.4, 0.5) is 0 Å². The van der Waals surface area contributed by atoms with Crippen molar-refractivity contribution in [2.45, 2.75) is 45.2 Å². The number of pyridine rings is 2. The number of carbonyl (C=O) groups is 1. The maximum absolute atomic E-state index is 13.5. The zero-order valence-electron chi connectivity index (χ0n) is 18.4. The molecule has 31 heavy (non-hydrogen) atoms. The minimum absolute atomic E-state index is 0.0733. The summed E-state index contributed by atoms with van der Waals surface area (Å²) in [5.41, 5.74) is 3.88. The molecule has 1 amide bonds. The normalized spacial score (nSPS) is 16.9. The van der Waals surface area contributed by atoms with E-state index in [0.717, 1.165) is 48.6 Å². The summed E-state index contributed by atoms with van der Waals surface area (Å²) in [7, 11) is 0. The second-order valence-corrected chi connectivity index (χ2v) is 9.42. The van der Waals surface area contributed by atoms with Crippen molar-refractivity contribution in [1.29, 1.82) is 0 Å².